The molecule has 37 heavy (non-hydrogen) atoms. The van der Waals surface area contributed by atoms with Gasteiger partial charge in [-0.1, -0.05) is 36.1 Å². The number of carbonyl (C=O) groups is 1. The number of H-pyrrole nitrogens is 1. The first-order chi connectivity index (χ1) is 17.9. The Morgan fingerprint density at radius 2 is 1.70 bits per heavy atom. The quantitative estimate of drug-likeness (QED) is 0.309. The molecule has 0 spiro atoms. The fourth-order valence-electron chi connectivity index (χ4n) is 3.51. The number of aromatic nitrogens is 6. The van der Waals surface area contributed by atoms with Crippen molar-refractivity contribution in [2.24, 2.45) is 0 Å². The summed E-state index contributed by atoms with van der Waals surface area (Å²) in [5.74, 6) is 3.49. The second kappa shape index (κ2) is 11.7. The van der Waals surface area contributed by atoms with Gasteiger partial charge >= 0.3 is 0 Å². The van der Waals surface area contributed by atoms with Crippen molar-refractivity contribution in [3.8, 4) is 17.6 Å². The van der Waals surface area contributed by atoms with Crippen LogP contribution >= 0.6 is 0 Å². The molecule has 0 aliphatic heterocycles. The molecular weight excluding hydrogens is 484 g/mol. The zero-order chi connectivity index (χ0) is 26.2. The third-order valence-electron chi connectivity index (χ3n) is 5.37. The molecule has 0 saturated heterocycles. The van der Waals surface area contributed by atoms with Crippen LogP contribution in [0, 0.1) is 11.8 Å². The van der Waals surface area contributed by atoms with E-state index in [1.165, 1.54) is 6.33 Å². The standard InChI is InChI=1S/C25H21F2N7O3/c26-21(27)12-28-24(36)20(22-23(35)25(37)30-14-29-22)11-18-7-3-16(4-8-18)1-2-17-5-9-19(10-6-17)13-34-15-31-32-33-34/h3-10,14-15,20-21,35H,11-13H2,(H,28,36)(H,29,30,37). The number of nitrogens with one attached hydrogen (secondary N) is 2. The number of tetrazole rings is 1. The summed E-state index contributed by atoms with van der Waals surface area (Å²) in [6.07, 6.45) is -0.142. The van der Waals surface area contributed by atoms with Crippen molar-refractivity contribution in [2.45, 2.75) is 25.3 Å². The van der Waals surface area contributed by atoms with E-state index in [2.05, 4.69) is 42.7 Å². The molecule has 1 amide bonds. The van der Waals surface area contributed by atoms with Gasteiger partial charge in [-0.05, 0) is 52.2 Å². The van der Waals surface area contributed by atoms with Crippen molar-refractivity contribution >= 4 is 5.91 Å². The van der Waals surface area contributed by atoms with E-state index in [0.29, 0.717) is 12.1 Å². The van der Waals surface area contributed by atoms with Gasteiger partial charge in [0.2, 0.25) is 11.7 Å². The average molecular weight is 505 g/mol. The summed E-state index contributed by atoms with van der Waals surface area (Å²) in [6.45, 7) is -0.305. The minimum atomic E-state index is -2.75. The molecule has 4 aromatic rings. The second-order valence-corrected chi connectivity index (χ2v) is 8.01. The van der Waals surface area contributed by atoms with Gasteiger partial charge < -0.3 is 15.4 Å². The maximum atomic E-state index is 12.6. The number of amides is 1. The van der Waals surface area contributed by atoms with Crippen molar-refractivity contribution < 1.29 is 18.7 Å². The zero-order valence-electron chi connectivity index (χ0n) is 19.3. The molecule has 0 aliphatic rings. The number of aromatic amines is 1. The van der Waals surface area contributed by atoms with Crippen molar-refractivity contribution in [1.82, 2.24) is 35.5 Å². The topological polar surface area (TPSA) is 139 Å². The molecule has 10 nitrogen and oxygen atoms in total. The summed E-state index contributed by atoms with van der Waals surface area (Å²) >= 11 is 0. The monoisotopic (exact) mass is 505 g/mol. The minimum Gasteiger partial charge on any atom is -0.502 e. The van der Waals surface area contributed by atoms with Crippen LogP contribution in [0.25, 0.3) is 0 Å². The largest absolute Gasteiger partial charge is 0.502 e. The number of aromatic hydroxyl groups is 1. The molecule has 2 aromatic heterocycles. The molecule has 0 bridgehead atoms. The van der Waals surface area contributed by atoms with E-state index in [1.54, 1.807) is 28.9 Å². The minimum absolute atomic E-state index is 0.0234. The van der Waals surface area contributed by atoms with Crippen molar-refractivity contribution in [1.29, 1.82) is 0 Å². The average Bonchev–Trinajstić information content (AvgIpc) is 3.41. The van der Waals surface area contributed by atoms with E-state index in [9.17, 15) is 23.5 Å². The maximum Gasteiger partial charge on any atom is 0.293 e. The zero-order valence-corrected chi connectivity index (χ0v) is 19.3. The maximum absolute atomic E-state index is 12.6. The number of halogens is 2. The lowest BCUT2D eigenvalue weighted by Crippen LogP contribution is -2.34. The number of rotatable bonds is 8. The van der Waals surface area contributed by atoms with Crippen LogP contribution < -0.4 is 10.9 Å². The molecule has 1 unspecified atom stereocenters. The highest BCUT2D eigenvalue weighted by atomic mass is 19.3. The molecule has 0 saturated carbocycles. The molecule has 0 fully saturated rings. The molecule has 188 valence electrons. The van der Waals surface area contributed by atoms with Crippen LogP contribution in [0.2, 0.25) is 0 Å². The molecule has 2 heterocycles. The molecule has 3 N–H and O–H groups in total. The Labute approximate surface area is 209 Å². The van der Waals surface area contributed by atoms with Gasteiger partial charge in [0.05, 0.1) is 25.3 Å². The van der Waals surface area contributed by atoms with Crippen molar-refractivity contribution in [3.63, 3.8) is 0 Å². The van der Waals surface area contributed by atoms with Crippen LogP contribution in [0.3, 0.4) is 0 Å². The highest BCUT2D eigenvalue weighted by Crippen LogP contribution is 2.24. The predicted octanol–water partition coefficient (Wildman–Crippen LogP) is 1.62. The summed E-state index contributed by atoms with van der Waals surface area (Å²) < 4.78 is 26.8. The Bertz CT molecular complexity index is 1460. The van der Waals surface area contributed by atoms with Gasteiger partial charge in [0, 0.05) is 11.1 Å². The SMILES string of the molecule is O=C(NCC(F)F)C(Cc1ccc(C#Cc2ccc(Cn3cnnn3)cc2)cc1)c1nc[nH]c(=O)c1O. The highest BCUT2D eigenvalue weighted by molar-refractivity contribution is 5.84. The van der Waals surface area contributed by atoms with Gasteiger partial charge in [-0.25, -0.2) is 18.4 Å². The number of hydrogen-bond donors (Lipinski definition) is 3. The molecule has 12 heteroatoms. The van der Waals surface area contributed by atoms with Gasteiger partial charge in [-0.2, -0.15) is 0 Å². The Balaban J connectivity index is 1.46. The molecule has 0 aliphatic carbocycles. The molecule has 2 aromatic carbocycles. The predicted molar refractivity (Wildman–Crippen MR) is 128 cm³/mol. The van der Waals surface area contributed by atoms with E-state index in [-0.39, 0.29) is 12.1 Å². The van der Waals surface area contributed by atoms with Crippen molar-refractivity contribution in [2.75, 3.05) is 6.54 Å². The lowest BCUT2D eigenvalue weighted by molar-refractivity contribution is -0.123. The third-order valence-corrected chi connectivity index (χ3v) is 5.37. The van der Waals surface area contributed by atoms with E-state index in [1.807, 2.05) is 24.3 Å². The molecular formula is C25H21F2N7O3. The van der Waals surface area contributed by atoms with Crippen LogP contribution in [0.4, 0.5) is 8.78 Å². The van der Waals surface area contributed by atoms with Crippen LogP contribution in [0.5, 0.6) is 5.75 Å². The van der Waals surface area contributed by atoms with Crippen molar-refractivity contribution in [3.05, 3.63) is 99.5 Å². The Morgan fingerprint density at radius 1 is 1.05 bits per heavy atom. The lowest BCUT2D eigenvalue weighted by atomic mass is 9.94. The third kappa shape index (κ3) is 6.82. The fraction of sp³-hybridized carbons (Fsp3) is 0.200. The number of hydrogen-bond acceptors (Lipinski definition) is 7. The van der Waals surface area contributed by atoms with Crippen LogP contribution in [-0.2, 0) is 17.8 Å². The van der Waals surface area contributed by atoms with Gasteiger partial charge in [0.1, 0.15) is 12.0 Å². The Morgan fingerprint density at radius 3 is 2.30 bits per heavy atom. The van der Waals surface area contributed by atoms with Gasteiger partial charge in [0.25, 0.3) is 12.0 Å². The van der Waals surface area contributed by atoms with E-state index >= 15 is 0 Å². The number of benzene rings is 2. The van der Waals surface area contributed by atoms with Crippen LogP contribution in [-0.4, -0.2) is 54.2 Å². The number of carbonyl (C=O) groups excluding carboxylic acids is 1. The fourth-order valence-corrected chi connectivity index (χ4v) is 3.51. The van der Waals surface area contributed by atoms with Gasteiger partial charge in [0.15, 0.2) is 0 Å². The Hall–Kier alpha value is -4.92. The molecule has 1 atom stereocenters. The van der Waals surface area contributed by atoms with E-state index in [0.717, 1.165) is 23.0 Å². The normalized spacial score (nSPS) is 11.5. The summed E-state index contributed by atoms with van der Waals surface area (Å²) in [6, 6.07) is 14.6. The van der Waals surface area contributed by atoms with Crippen LogP contribution in [0.15, 0.2) is 66.0 Å². The lowest BCUT2D eigenvalue weighted by Gasteiger charge is -2.17. The second-order valence-electron chi connectivity index (χ2n) is 8.01. The summed E-state index contributed by atoms with van der Waals surface area (Å²) in [5, 5.41) is 23.3. The summed E-state index contributed by atoms with van der Waals surface area (Å²) in [4.78, 5) is 30.5. The molecule has 4 rings (SSSR count). The van der Waals surface area contributed by atoms with E-state index < -0.39 is 36.1 Å². The number of nitrogens with zero attached hydrogens (tertiary/aromatic N) is 5. The van der Waals surface area contributed by atoms with Crippen LogP contribution in [0.1, 0.15) is 33.9 Å². The first-order valence-corrected chi connectivity index (χ1v) is 11.1. The summed E-state index contributed by atoms with van der Waals surface area (Å²) in [5.41, 5.74) is 2.20. The van der Waals surface area contributed by atoms with E-state index in [4.69, 9.17) is 0 Å². The highest BCUT2D eigenvalue weighted by Gasteiger charge is 2.27. The first-order valence-electron chi connectivity index (χ1n) is 11.1. The molecule has 0 radical (unpaired) electrons. The number of alkyl halides is 2. The van der Waals surface area contributed by atoms with Gasteiger partial charge in [-0.3, -0.25) is 9.59 Å². The first kappa shape index (κ1) is 25.2. The van der Waals surface area contributed by atoms with Gasteiger partial charge in [-0.15, -0.1) is 5.10 Å². The Kier molecular flexibility index (Phi) is 7.95. The smallest absolute Gasteiger partial charge is 0.293 e. The summed E-state index contributed by atoms with van der Waals surface area (Å²) in [7, 11) is 0.